The number of carbonyl (C=O) groups is 2. The van der Waals surface area contributed by atoms with Gasteiger partial charge in [0, 0.05) is 22.3 Å². The van der Waals surface area contributed by atoms with Gasteiger partial charge in [0.25, 0.3) is 10.1 Å². The lowest BCUT2D eigenvalue weighted by Crippen LogP contribution is -2.42. The Balaban J connectivity index is 1.82. The molecule has 0 unspecified atom stereocenters. The third kappa shape index (κ3) is 5.09. The monoisotopic (exact) mass is 532 g/mol. The Morgan fingerprint density at radius 3 is 1.81 bits per heavy atom. The van der Waals surface area contributed by atoms with E-state index in [1.807, 2.05) is 0 Å². The fraction of sp³-hybridized carbons (Fsp3) is 0.231. The normalized spacial score (nSPS) is 21.1. The number of ketones is 2. The first-order valence-corrected chi connectivity index (χ1v) is 12.5. The van der Waals surface area contributed by atoms with Crippen LogP contribution in [0, 0.1) is 6.92 Å². The van der Waals surface area contributed by atoms with E-state index in [0.29, 0.717) is 0 Å². The smallest absolute Gasteiger partial charge is 0.326 e. The summed E-state index contributed by atoms with van der Waals surface area (Å²) >= 11 is 0. The van der Waals surface area contributed by atoms with Crippen molar-refractivity contribution in [3.8, 4) is 0 Å². The number of halogens is 2. The van der Waals surface area contributed by atoms with Crippen molar-refractivity contribution >= 4 is 21.7 Å². The molecule has 4 rings (SSSR count). The third-order valence-corrected chi connectivity index (χ3v) is 7.23. The molecular formula is C26H22F2O8S. The number of carbonyl (C=O) groups excluding carboxylic acids is 2. The summed E-state index contributed by atoms with van der Waals surface area (Å²) in [5.74, 6) is -5.37. The van der Waals surface area contributed by atoms with Gasteiger partial charge in [0.2, 0.25) is 6.29 Å². The number of benzene rings is 3. The van der Waals surface area contributed by atoms with Crippen LogP contribution in [0.5, 0.6) is 0 Å². The van der Waals surface area contributed by atoms with Gasteiger partial charge in [0.1, 0.15) is 6.10 Å². The zero-order chi connectivity index (χ0) is 27.0. The van der Waals surface area contributed by atoms with E-state index in [0.717, 1.165) is 12.1 Å². The van der Waals surface area contributed by atoms with E-state index >= 15 is 0 Å². The van der Waals surface area contributed by atoms with E-state index < -0.39 is 57.6 Å². The number of hydrogen-bond donors (Lipinski definition) is 2. The molecule has 194 valence electrons. The molecule has 11 heteroatoms. The molecule has 37 heavy (non-hydrogen) atoms. The highest BCUT2D eigenvalue weighted by atomic mass is 32.2. The van der Waals surface area contributed by atoms with E-state index in [4.69, 9.17) is 9.84 Å². The van der Waals surface area contributed by atoms with Crippen LogP contribution in [-0.2, 0) is 19.0 Å². The summed E-state index contributed by atoms with van der Waals surface area (Å²) in [6.45, 7) is 0.465. The van der Waals surface area contributed by atoms with Crippen LogP contribution in [0.4, 0.5) is 8.78 Å². The fourth-order valence-electron chi connectivity index (χ4n) is 3.91. The number of alkyl halides is 2. The summed E-state index contributed by atoms with van der Waals surface area (Å²) in [7, 11) is -5.07. The van der Waals surface area contributed by atoms with Gasteiger partial charge < -0.3 is 14.9 Å². The number of aliphatic hydroxyl groups excluding tert-OH is 2. The van der Waals surface area contributed by atoms with Crippen LogP contribution in [0.2, 0.25) is 0 Å². The van der Waals surface area contributed by atoms with Crippen LogP contribution in [0.15, 0.2) is 77.7 Å². The molecule has 2 N–H and O–H groups in total. The number of aliphatic hydroxyl groups is 2. The topological polar surface area (TPSA) is 127 Å². The zero-order valence-electron chi connectivity index (χ0n) is 19.4. The van der Waals surface area contributed by atoms with Crippen molar-refractivity contribution < 1.29 is 45.9 Å². The maximum absolute atomic E-state index is 14.4. The van der Waals surface area contributed by atoms with E-state index in [1.165, 1.54) is 31.2 Å². The molecule has 0 amide bonds. The second-order valence-corrected chi connectivity index (χ2v) is 9.96. The molecule has 0 spiro atoms. The zero-order valence-corrected chi connectivity index (χ0v) is 20.2. The van der Waals surface area contributed by atoms with Crippen LogP contribution in [0.3, 0.4) is 0 Å². The highest BCUT2D eigenvalue weighted by molar-refractivity contribution is 7.86. The summed E-state index contributed by atoms with van der Waals surface area (Å²) in [6, 6.07) is 17.7. The number of ether oxygens (including phenoxy) is 1. The molecule has 1 aliphatic rings. The Labute approximate surface area is 211 Å². The van der Waals surface area contributed by atoms with Crippen molar-refractivity contribution in [3.05, 3.63) is 101 Å². The van der Waals surface area contributed by atoms with Crippen molar-refractivity contribution in [2.75, 3.05) is 6.61 Å². The molecule has 8 nitrogen and oxygen atoms in total. The van der Waals surface area contributed by atoms with Crippen molar-refractivity contribution in [3.63, 3.8) is 0 Å². The first-order valence-electron chi connectivity index (χ1n) is 11.1. The average molecular weight is 533 g/mol. The SMILES string of the molecule is Cc1c(C(=O)c2ccccc2)cc(S(=O)(=O)O[C@@H]2O[C@H](CO)[C@@H](O)C2(F)F)cc1C(=O)c1ccccc1. The molecule has 3 aromatic rings. The second-order valence-electron chi connectivity index (χ2n) is 8.39. The molecule has 0 saturated carbocycles. The van der Waals surface area contributed by atoms with Crippen molar-refractivity contribution in [1.82, 2.24) is 0 Å². The van der Waals surface area contributed by atoms with Gasteiger partial charge in [-0.25, -0.2) is 4.18 Å². The van der Waals surface area contributed by atoms with Gasteiger partial charge >= 0.3 is 5.92 Å². The van der Waals surface area contributed by atoms with Crippen molar-refractivity contribution in [2.45, 2.75) is 36.2 Å². The number of rotatable bonds is 8. The van der Waals surface area contributed by atoms with Gasteiger partial charge in [0.15, 0.2) is 17.7 Å². The van der Waals surface area contributed by atoms with Gasteiger partial charge in [-0.15, -0.1) is 0 Å². The lowest BCUT2D eigenvalue weighted by Gasteiger charge is -2.20. The van der Waals surface area contributed by atoms with Gasteiger partial charge in [-0.1, -0.05) is 60.7 Å². The highest BCUT2D eigenvalue weighted by Gasteiger charge is 2.60. The van der Waals surface area contributed by atoms with Gasteiger partial charge in [-0.05, 0) is 24.6 Å². The minimum Gasteiger partial charge on any atom is -0.394 e. The summed E-state index contributed by atoms with van der Waals surface area (Å²) in [5, 5.41) is 18.8. The Kier molecular flexibility index (Phi) is 7.36. The summed E-state index contributed by atoms with van der Waals surface area (Å²) < 4.78 is 64.4. The maximum atomic E-state index is 14.4. The van der Waals surface area contributed by atoms with Crippen LogP contribution in [0.25, 0.3) is 0 Å². The summed E-state index contributed by atoms with van der Waals surface area (Å²) in [6.07, 6.45) is -7.03. The molecule has 1 saturated heterocycles. The quantitative estimate of drug-likeness (QED) is 0.335. The van der Waals surface area contributed by atoms with Crippen LogP contribution < -0.4 is 0 Å². The van der Waals surface area contributed by atoms with Gasteiger partial charge in [0.05, 0.1) is 11.5 Å². The van der Waals surface area contributed by atoms with Crippen LogP contribution in [-0.4, -0.2) is 61.2 Å². The molecule has 3 aromatic carbocycles. The Morgan fingerprint density at radius 2 is 1.41 bits per heavy atom. The van der Waals surface area contributed by atoms with Crippen LogP contribution in [0.1, 0.15) is 37.4 Å². The lowest BCUT2D eigenvalue weighted by atomic mass is 9.92. The van der Waals surface area contributed by atoms with Crippen LogP contribution >= 0.6 is 0 Å². The molecule has 0 aliphatic carbocycles. The second kappa shape index (κ2) is 10.2. The predicted molar refractivity (Wildman–Crippen MR) is 126 cm³/mol. The highest BCUT2D eigenvalue weighted by Crippen LogP contribution is 2.38. The van der Waals surface area contributed by atoms with E-state index in [2.05, 4.69) is 4.18 Å². The molecule has 0 radical (unpaired) electrons. The fourth-order valence-corrected chi connectivity index (χ4v) is 4.94. The van der Waals surface area contributed by atoms with E-state index in [-0.39, 0.29) is 27.8 Å². The third-order valence-electron chi connectivity index (χ3n) is 5.98. The van der Waals surface area contributed by atoms with E-state index in [1.54, 1.807) is 36.4 Å². The predicted octanol–water partition coefficient (Wildman–Crippen LogP) is 2.88. The molecule has 0 aromatic heterocycles. The number of hydrogen-bond acceptors (Lipinski definition) is 8. The largest absolute Gasteiger partial charge is 0.394 e. The molecule has 0 bridgehead atoms. The first kappa shape index (κ1) is 26.7. The van der Waals surface area contributed by atoms with E-state index in [9.17, 15) is 31.9 Å². The van der Waals surface area contributed by atoms with Gasteiger partial charge in [-0.2, -0.15) is 17.2 Å². The van der Waals surface area contributed by atoms with Crippen molar-refractivity contribution in [1.29, 1.82) is 0 Å². The summed E-state index contributed by atoms with van der Waals surface area (Å²) in [4.78, 5) is 25.8. The summed E-state index contributed by atoms with van der Waals surface area (Å²) in [5.41, 5.74) is 0.294. The minimum atomic E-state index is -5.07. The molecule has 1 aliphatic heterocycles. The molecule has 3 atom stereocenters. The molecule has 1 heterocycles. The first-order chi connectivity index (χ1) is 17.5. The Bertz CT molecular complexity index is 1350. The van der Waals surface area contributed by atoms with Crippen molar-refractivity contribution in [2.24, 2.45) is 0 Å². The Hall–Kier alpha value is -3.35. The standard InChI is InChI=1S/C26H22F2O8S/c1-15-19(22(30)16-8-4-2-5-9-16)12-18(13-20(15)23(31)17-10-6-3-7-11-17)37(33,34)36-25-26(27,28)24(32)21(14-29)35-25/h2-13,21,24-25,29,32H,14H2,1H3/t21-,24-,25+/m1/s1. The lowest BCUT2D eigenvalue weighted by molar-refractivity contribution is -0.183. The molecule has 1 fully saturated rings. The maximum Gasteiger partial charge on any atom is 0.326 e. The van der Waals surface area contributed by atoms with Gasteiger partial charge in [-0.3, -0.25) is 9.59 Å². The Morgan fingerprint density at radius 1 is 0.946 bits per heavy atom. The average Bonchev–Trinajstić information content (AvgIpc) is 3.11. The minimum absolute atomic E-state index is 0.150. The molecular weight excluding hydrogens is 510 g/mol.